The van der Waals surface area contributed by atoms with Gasteiger partial charge in [-0.25, -0.2) is 9.97 Å². The first-order chi connectivity index (χ1) is 9.50. The van der Waals surface area contributed by atoms with E-state index >= 15 is 0 Å². The van der Waals surface area contributed by atoms with E-state index in [-0.39, 0.29) is 0 Å². The van der Waals surface area contributed by atoms with Crippen molar-refractivity contribution < 1.29 is 0 Å². The zero-order valence-electron chi connectivity index (χ0n) is 12.9. The van der Waals surface area contributed by atoms with E-state index in [4.69, 9.17) is 0 Å². The van der Waals surface area contributed by atoms with Crippen LogP contribution < -0.4 is 5.32 Å². The van der Waals surface area contributed by atoms with Crippen LogP contribution in [0, 0.1) is 5.41 Å². The molecule has 1 fully saturated rings. The summed E-state index contributed by atoms with van der Waals surface area (Å²) in [5, 5.41) is 3.49. The van der Waals surface area contributed by atoms with Gasteiger partial charge in [-0.15, -0.1) is 0 Å². The molecule has 4 heteroatoms. The third-order valence-electron chi connectivity index (χ3n) is 3.86. The molecule has 1 aromatic heterocycles. The first-order valence-electron chi connectivity index (χ1n) is 7.78. The van der Waals surface area contributed by atoms with E-state index in [0.717, 1.165) is 22.8 Å². The Labute approximate surface area is 131 Å². The smallest absolute Gasteiger partial charge is 0.135 e. The van der Waals surface area contributed by atoms with Crippen molar-refractivity contribution in [3.63, 3.8) is 0 Å². The fraction of sp³-hybridized carbons (Fsp3) is 0.750. The van der Waals surface area contributed by atoms with Gasteiger partial charge in [0.05, 0.1) is 0 Å². The molecule has 1 aromatic rings. The molecule has 0 unspecified atom stereocenters. The van der Waals surface area contributed by atoms with Gasteiger partial charge in [0.25, 0.3) is 0 Å². The number of aromatic nitrogens is 2. The number of hydrogen-bond donors (Lipinski definition) is 1. The first kappa shape index (κ1) is 15.7. The number of nitrogens with one attached hydrogen (secondary N) is 1. The number of nitrogens with zero attached hydrogens (tertiary/aromatic N) is 2. The molecule has 0 aromatic carbocycles. The first-order valence-corrected chi connectivity index (χ1v) is 8.58. The zero-order chi connectivity index (χ0) is 14.6. The van der Waals surface area contributed by atoms with Crippen molar-refractivity contribution in [1.29, 1.82) is 0 Å². The van der Waals surface area contributed by atoms with Crippen LogP contribution in [0.4, 0.5) is 5.82 Å². The number of halogens is 1. The number of anilines is 1. The van der Waals surface area contributed by atoms with Crippen LogP contribution in [0.15, 0.2) is 10.7 Å². The average Bonchev–Trinajstić information content (AvgIpc) is 3.20. The van der Waals surface area contributed by atoms with Gasteiger partial charge in [0, 0.05) is 18.5 Å². The predicted octanol–water partition coefficient (Wildman–Crippen LogP) is 5.13. The SMILES string of the molecule is CCCCCC(C)(C)CNc1cc(Br)nc(C2CC2)n1. The number of unbranched alkanes of at least 4 members (excludes halogenated alkanes) is 2. The molecule has 1 aliphatic carbocycles. The van der Waals surface area contributed by atoms with E-state index in [1.807, 2.05) is 6.07 Å². The predicted molar refractivity (Wildman–Crippen MR) is 88.1 cm³/mol. The fourth-order valence-corrected chi connectivity index (χ4v) is 2.72. The topological polar surface area (TPSA) is 37.8 Å². The molecule has 112 valence electrons. The molecule has 1 N–H and O–H groups in total. The van der Waals surface area contributed by atoms with Crippen LogP contribution in [-0.4, -0.2) is 16.5 Å². The highest BCUT2D eigenvalue weighted by atomic mass is 79.9. The highest BCUT2D eigenvalue weighted by Crippen LogP contribution is 2.38. The summed E-state index contributed by atoms with van der Waals surface area (Å²) in [7, 11) is 0. The summed E-state index contributed by atoms with van der Waals surface area (Å²) in [4.78, 5) is 9.11. The molecule has 20 heavy (non-hydrogen) atoms. The van der Waals surface area contributed by atoms with E-state index in [1.54, 1.807) is 0 Å². The van der Waals surface area contributed by atoms with Gasteiger partial charge in [0.2, 0.25) is 0 Å². The van der Waals surface area contributed by atoms with Gasteiger partial charge in [-0.3, -0.25) is 0 Å². The van der Waals surface area contributed by atoms with Crippen molar-refractivity contribution in [2.75, 3.05) is 11.9 Å². The summed E-state index contributed by atoms with van der Waals surface area (Å²) in [6, 6.07) is 1.98. The molecule has 1 heterocycles. The summed E-state index contributed by atoms with van der Waals surface area (Å²) >= 11 is 3.49. The maximum absolute atomic E-state index is 4.64. The maximum atomic E-state index is 4.64. The monoisotopic (exact) mass is 339 g/mol. The lowest BCUT2D eigenvalue weighted by molar-refractivity contribution is 0.342. The standard InChI is InChI=1S/C16H26BrN3/c1-4-5-6-9-16(2,3)11-18-14-10-13(17)19-15(20-14)12-7-8-12/h10,12H,4-9,11H2,1-3H3,(H,18,19,20). The van der Waals surface area contributed by atoms with E-state index in [2.05, 4.69) is 52.0 Å². The van der Waals surface area contributed by atoms with Crippen LogP contribution in [0.5, 0.6) is 0 Å². The number of hydrogen-bond acceptors (Lipinski definition) is 3. The molecular weight excluding hydrogens is 314 g/mol. The summed E-state index contributed by atoms with van der Waals surface area (Å²) in [6.45, 7) is 7.87. The second kappa shape index (κ2) is 6.88. The third-order valence-corrected chi connectivity index (χ3v) is 4.27. The molecule has 0 bridgehead atoms. The van der Waals surface area contributed by atoms with Crippen LogP contribution in [0.3, 0.4) is 0 Å². The Morgan fingerprint density at radius 3 is 2.70 bits per heavy atom. The lowest BCUT2D eigenvalue weighted by atomic mass is 9.87. The molecular formula is C16H26BrN3. The van der Waals surface area contributed by atoms with Gasteiger partial charge in [0.1, 0.15) is 16.2 Å². The molecule has 0 radical (unpaired) electrons. The van der Waals surface area contributed by atoms with Crippen molar-refractivity contribution in [2.24, 2.45) is 5.41 Å². The van der Waals surface area contributed by atoms with Crippen molar-refractivity contribution in [3.8, 4) is 0 Å². The quantitative estimate of drug-likeness (QED) is 0.526. The Balaban J connectivity index is 1.89. The van der Waals surface area contributed by atoms with Crippen LogP contribution >= 0.6 is 15.9 Å². The Morgan fingerprint density at radius 1 is 1.30 bits per heavy atom. The van der Waals surface area contributed by atoms with E-state index in [1.165, 1.54) is 38.5 Å². The van der Waals surface area contributed by atoms with E-state index in [9.17, 15) is 0 Å². The minimum absolute atomic E-state index is 0.312. The molecule has 1 saturated carbocycles. The van der Waals surface area contributed by atoms with Crippen LogP contribution in [-0.2, 0) is 0 Å². The normalized spacial score (nSPS) is 15.4. The lowest BCUT2D eigenvalue weighted by Gasteiger charge is -2.25. The lowest BCUT2D eigenvalue weighted by Crippen LogP contribution is -2.23. The Morgan fingerprint density at radius 2 is 2.05 bits per heavy atom. The minimum Gasteiger partial charge on any atom is -0.369 e. The molecule has 0 spiro atoms. The molecule has 0 atom stereocenters. The van der Waals surface area contributed by atoms with Crippen molar-refractivity contribution in [1.82, 2.24) is 9.97 Å². The van der Waals surface area contributed by atoms with Gasteiger partial charge < -0.3 is 5.32 Å². The van der Waals surface area contributed by atoms with Gasteiger partial charge >= 0.3 is 0 Å². The maximum Gasteiger partial charge on any atom is 0.135 e. The molecule has 2 rings (SSSR count). The largest absolute Gasteiger partial charge is 0.369 e. The molecule has 3 nitrogen and oxygen atoms in total. The Bertz CT molecular complexity index is 441. The highest BCUT2D eigenvalue weighted by Gasteiger charge is 2.27. The summed E-state index contributed by atoms with van der Waals surface area (Å²) in [6.07, 6.45) is 7.65. The van der Waals surface area contributed by atoms with Crippen molar-refractivity contribution >= 4 is 21.7 Å². The van der Waals surface area contributed by atoms with Crippen LogP contribution in [0.1, 0.15) is 71.0 Å². The molecule has 0 amide bonds. The van der Waals surface area contributed by atoms with Crippen LogP contribution in [0.25, 0.3) is 0 Å². The summed E-state index contributed by atoms with van der Waals surface area (Å²) in [5.74, 6) is 2.54. The van der Waals surface area contributed by atoms with Gasteiger partial charge in [0.15, 0.2) is 0 Å². The van der Waals surface area contributed by atoms with Crippen LogP contribution in [0.2, 0.25) is 0 Å². The fourth-order valence-electron chi connectivity index (χ4n) is 2.32. The van der Waals surface area contributed by atoms with Gasteiger partial charge in [-0.05, 0) is 40.6 Å². The third kappa shape index (κ3) is 5.04. The van der Waals surface area contributed by atoms with Crippen molar-refractivity contribution in [3.05, 3.63) is 16.5 Å². The molecule has 1 aliphatic rings. The minimum atomic E-state index is 0.312. The van der Waals surface area contributed by atoms with E-state index in [0.29, 0.717) is 11.3 Å². The van der Waals surface area contributed by atoms with Gasteiger partial charge in [-0.1, -0.05) is 40.0 Å². The Kier molecular flexibility index (Phi) is 5.42. The summed E-state index contributed by atoms with van der Waals surface area (Å²) < 4.78 is 0.890. The highest BCUT2D eigenvalue weighted by molar-refractivity contribution is 9.10. The number of rotatable bonds is 8. The second-order valence-corrected chi connectivity index (χ2v) is 7.50. The van der Waals surface area contributed by atoms with E-state index < -0.39 is 0 Å². The summed E-state index contributed by atoms with van der Waals surface area (Å²) in [5.41, 5.74) is 0.312. The molecule has 0 saturated heterocycles. The average molecular weight is 340 g/mol. The Hall–Kier alpha value is -0.640. The zero-order valence-corrected chi connectivity index (χ0v) is 14.5. The van der Waals surface area contributed by atoms with Gasteiger partial charge in [-0.2, -0.15) is 0 Å². The second-order valence-electron chi connectivity index (χ2n) is 6.68. The van der Waals surface area contributed by atoms with Crippen molar-refractivity contribution in [2.45, 2.75) is 65.2 Å². The molecule has 0 aliphatic heterocycles.